The quantitative estimate of drug-likeness (QED) is 0.902. The van der Waals surface area contributed by atoms with Crippen LogP contribution in [0.4, 0.5) is 5.69 Å². The number of nitrogens with zero attached hydrogens (tertiary/aromatic N) is 2. The fraction of sp³-hybridized carbons (Fsp3) is 0.600. The summed E-state index contributed by atoms with van der Waals surface area (Å²) in [4.78, 5) is 2.29. The van der Waals surface area contributed by atoms with Gasteiger partial charge in [-0.1, -0.05) is 13.0 Å². The molecule has 2 rings (SSSR count). The molecular formula is C15H26ClN3O2S. The van der Waals surface area contributed by atoms with E-state index in [1.165, 1.54) is 0 Å². The number of anilines is 1. The maximum absolute atomic E-state index is 12.8. The highest BCUT2D eigenvalue weighted by Gasteiger charge is 2.39. The molecule has 1 atom stereocenters. The first-order valence-electron chi connectivity index (χ1n) is 7.18. The van der Waals surface area contributed by atoms with Crippen molar-refractivity contribution in [3.05, 3.63) is 23.8 Å². The van der Waals surface area contributed by atoms with E-state index < -0.39 is 10.0 Å². The van der Waals surface area contributed by atoms with E-state index in [1.807, 2.05) is 38.9 Å². The lowest BCUT2D eigenvalue weighted by Crippen LogP contribution is -2.34. The smallest absolute Gasteiger partial charge is 0.243 e. The van der Waals surface area contributed by atoms with Crippen molar-refractivity contribution < 1.29 is 8.42 Å². The van der Waals surface area contributed by atoms with E-state index in [4.69, 9.17) is 5.73 Å². The maximum Gasteiger partial charge on any atom is 0.243 e. The third-order valence-corrected chi connectivity index (χ3v) is 6.16. The molecule has 2 N–H and O–H groups in total. The van der Waals surface area contributed by atoms with Crippen molar-refractivity contribution in [3.63, 3.8) is 0 Å². The number of nitrogens with two attached hydrogens (primary N) is 1. The van der Waals surface area contributed by atoms with Gasteiger partial charge < -0.3 is 10.6 Å². The molecule has 0 aliphatic carbocycles. The third kappa shape index (κ3) is 3.56. The Morgan fingerprint density at radius 3 is 2.50 bits per heavy atom. The van der Waals surface area contributed by atoms with Crippen LogP contribution in [0, 0.1) is 12.3 Å². The first kappa shape index (κ1) is 19.2. The van der Waals surface area contributed by atoms with Gasteiger partial charge in [0, 0.05) is 32.9 Å². The molecule has 0 radical (unpaired) electrons. The van der Waals surface area contributed by atoms with Crippen molar-refractivity contribution in [1.29, 1.82) is 0 Å². The average molecular weight is 348 g/mol. The fourth-order valence-corrected chi connectivity index (χ4v) is 4.34. The van der Waals surface area contributed by atoms with Crippen LogP contribution in [0.15, 0.2) is 23.1 Å². The molecule has 0 aromatic heterocycles. The van der Waals surface area contributed by atoms with Crippen LogP contribution in [0.3, 0.4) is 0 Å². The first-order chi connectivity index (χ1) is 9.69. The SMILES string of the molecule is Cc1ccc(S(=O)(=O)N2CCC(C)(CN)C2)cc1N(C)C.Cl. The second kappa shape index (κ2) is 6.74. The van der Waals surface area contributed by atoms with E-state index in [1.54, 1.807) is 16.4 Å². The lowest BCUT2D eigenvalue weighted by Gasteiger charge is -2.23. The van der Waals surface area contributed by atoms with Crippen LogP contribution in [0.25, 0.3) is 0 Å². The Balaban J connectivity index is 0.00000242. The van der Waals surface area contributed by atoms with Gasteiger partial charge in [0.15, 0.2) is 0 Å². The minimum Gasteiger partial charge on any atom is -0.377 e. The van der Waals surface area contributed by atoms with Gasteiger partial charge in [0.2, 0.25) is 10.0 Å². The minimum atomic E-state index is -3.44. The molecule has 0 amide bonds. The van der Waals surface area contributed by atoms with Crippen molar-refractivity contribution in [3.8, 4) is 0 Å². The zero-order chi connectivity index (χ0) is 15.8. The molecule has 22 heavy (non-hydrogen) atoms. The van der Waals surface area contributed by atoms with E-state index in [0.29, 0.717) is 24.5 Å². The van der Waals surface area contributed by atoms with E-state index in [2.05, 4.69) is 0 Å². The summed E-state index contributed by atoms with van der Waals surface area (Å²) in [5, 5.41) is 0. The normalized spacial score (nSPS) is 22.4. The van der Waals surface area contributed by atoms with Crippen molar-refractivity contribution in [2.45, 2.75) is 25.2 Å². The van der Waals surface area contributed by atoms with Crippen LogP contribution in [0.2, 0.25) is 0 Å². The monoisotopic (exact) mass is 347 g/mol. The van der Waals surface area contributed by atoms with Gasteiger partial charge in [0.05, 0.1) is 4.90 Å². The van der Waals surface area contributed by atoms with Gasteiger partial charge in [-0.15, -0.1) is 12.4 Å². The van der Waals surface area contributed by atoms with Gasteiger partial charge in [-0.2, -0.15) is 4.31 Å². The summed E-state index contributed by atoms with van der Waals surface area (Å²) in [6.07, 6.45) is 0.815. The Labute approximate surface area is 139 Å². The molecule has 126 valence electrons. The largest absolute Gasteiger partial charge is 0.377 e. The number of sulfonamides is 1. The van der Waals surface area contributed by atoms with E-state index in [9.17, 15) is 8.42 Å². The van der Waals surface area contributed by atoms with Crippen molar-refractivity contribution in [2.75, 3.05) is 38.6 Å². The lowest BCUT2D eigenvalue weighted by molar-refractivity contribution is 0.349. The number of rotatable bonds is 4. The summed E-state index contributed by atoms with van der Waals surface area (Å²) in [6, 6.07) is 5.30. The van der Waals surface area contributed by atoms with Gasteiger partial charge in [0.25, 0.3) is 0 Å². The summed E-state index contributed by atoms with van der Waals surface area (Å²) in [5.74, 6) is 0. The summed E-state index contributed by atoms with van der Waals surface area (Å²) in [6.45, 7) is 5.57. The van der Waals surface area contributed by atoms with Gasteiger partial charge in [0.1, 0.15) is 0 Å². The predicted octanol–water partition coefficient (Wildman–Crippen LogP) is 1.84. The standard InChI is InChI=1S/C15H25N3O2S.ClH/c1-12-5-6-13(9-14(12)17(3)4)21(19,20)18-8-7-15(2,10-16)11-18;/h5-6,9H,7-8,10-11,16H2,1-4H3;1H. The number of hydrogen-bond acceptors (Lipinski definition) is 4. The maximum atomic E-state index is 12.8. The average Bonchev–Trinajstić information content (AvgIpc) is 2.83. The molecule has 0 spiro atoms. The number of halogens is 1. The zero-order valence-electron chi connectivity index (χ0n) is 13.7. The highest BCUT2D eigenvalue weighted by Crippen LogP contribution is 2.33. The number of hydrogen-bond donors (Lipinski definition) is 1. The number of aryl methyl sites for hydroxylation is 1. The molecule has 1 aromatic carbocycles. The predicted molar refractivity (Wildman–Crippen MR) is 93.3 cm³/mol. The van der Waals surface area contributed by atoms with Crippen LogP contribution in [-0.2, 0) is 10.0 Å². The summed E-state index contributed by atoms with van der Waals surface area (Å²) in [7, 11) is 0.392. The lowest BCUT2D eigenvalue weighted by atomic mass is 9.90. The Kier molecular flexibility index (Phi) is 5.89. The molecule has 7 heteroatoms. The van der Waals surface area contributed by atoms with Crippen LogP contribution in [0.5, 0.6) is 0 Å². The third-order valence-electron chi connectivity index (χ3n) is 4.32. The Morgan fingerprint density at radius 1 is 1.36 bits per heavy atom. The highest BCUT2D eigenvalue weighted by atomic mass is 35.5. The van der Waals surface area contributed by atoms with Crippen molar-refractivity contribution in [1.82, 2.24) is 4.31 Å². The molecule has 1 fully saturated rings. The van der Waals surface area contributed by atoms with E-state index in [0.717, 1.165) is 17.7 Å². The van der Waals surface area contributed by atoms with Crippen molar-refractivity contribution >= 4 is 28.1 Å². The van der Waals surface area contributed by atoms with Crippen molar-refractivity contribution in [2.24, 2.45) is 11.1 Å². The highest BCUT2D eigenvalue weighted by molar-refractivity contribution is 7.89. The summed E-state index contributed by atoms with van der Waals surface area (Å²) < 4.78 is 27.1. The summed E-state index contributed by atoms with van der Waals surface area (Å²) in [5.41, 5.74) is 7.65. The fourth-order valence-electron chi connectivity index (χ4n) is 2.73. The molecule has 1 unspecified atom stereocenters. The Bertz CT molecular complexity index is 634. The molecule has 1 aromatic rings. The first-order valence-corrected chi connectivity index (χ1v) is 8.62. The van der Waals surface area contributed by atoms with Gasteiger partial charge in [-0.25, -0.2) is 8.42 Å². The topological polar surface area (TPSA) is 66.6 Å². The number of benzene rings is 1. The molecule has 1 saturated heterocycles. The van der Waals surface area contributed by atoms with Crippen LogP contribution < -0.4 is 10.6 Å². The Hall–Kier alpha value is -0.820. The van der Waals surface area contributed by atoms with Gasteiger partial charge in [-0.3, -0.25) is 0 Å². The Morgan fingerprint density at radius 2 is 2.00 bits per heavy atom. The molecule has 1 aliphatic rings. The van der Waals surface area contributed by atoms with E-state index >= 15 is 0 Å². The molecule has 5 nitrogen and oxygen atoms in total. The molecule has 0 bridgehead atoms. The van der Waals surface area contributed by atoms with E-state index in [-0.39, 0.29) is 17.8 Å². The zero-order valence-corrected chi connectivity index (χ0v) is 15.3. The minimum absolute atomic E-state index is 0. The molecule has 1 aliphatic heterocycles. The second-order valence-electron chi connectivity index (χ2n) is 6.45. The van der Waals surface area contributed by atoms with Gasteiger partial charge >= 0.3 is 0 Å². The van der Waals surface area contributed by atoms with Crippen LogP contribution >= 0.6 is 12.4 Å². The molecule has 1 heterocycles. The van der Waals surface area contributed by atoms with Gasteiger partial charge in [-0.05, 0) is 43.0 Å². The van der Waals surface area contributed by atoms with Crippen LogP contribution in [0.1, 0.15) is 18.9 Å². The second-order valence-corrected chi connectivity index (χ2v) is 8.38. The van der Waals surface area contributed by atoms with Crippen LogP contribution in [-0.4, -0.2) is 46.5 Å². The molecule has 0 saturated carbocycles. The summed E-state index contributed by atoms with van der Waals surface area (Å²) >= 11 is 0. The molecular weight excluding hydrogens is 322 g/mol.